The van der Waals surface area contributed by atoms with Gasteiger partial charge in [-0.15, -0.1) is 11.3 Å². The Bertz CT molecular complexity index is 996. The highest BCUT2D eigenvalue weighted by molar-refractivity contribution is 7.99. The Morgan fingerprint density at radius 2 is 2.03 bits per heavy atom. The smallest absolute Gasteiger partial charge is 0.348 e. The van der Waals surface area contributed by atoms with Gasteiger partial charge in [0.15, 0.2) is 0 Å². The van der Waals surface area contributed by atoms with Gasteiger partial charge in [0.25, 0.3) is 5.56 Å². The molecule has 2 saturated heterocycles. The summed E-state index contributed by atoms with van der Waals surface area (Å²) >= 11 is 3.05. The minimum Gasteiger partial charge on any atom is -0.465 e. The number of esters is 1. The normalized spacial score (nSPS) is 20.3. The van der Waals surface area contributed by atoms with Gasteiger partial charge >= 0.3 is 5.97 Å². The number of rotatable bonds is 4. The van der Waals surface area contributed by atoms with Crippen LogP contribution in [-0.4, -0.2) is 75.9 Å². The highest BCUT2D eigenvalue weighted by Crippen LogP contribution is 2.28. The largest absolute Gasteiger partial charge is 0.465 e. The van der Waals surface area contributed by atoms with E-state index in [2.05, 4.69) is 14.9 Å². The van der Waals surface area contributed by atoms with E-state index in [4.69, 9.17) is 4.74 Å². The highest BCUT2D eigenvalue weighted by atomic mass is 32.2. The fraction of sp³-hybridized carbons (Fsp3) is 0.579. The molecule has 10 heteroatoms. The van der Waals surface area contributed by atoms with Crippen molar-refractivity contribution < 1.29 is 14.3 Å². The van der Waals surface area contributed by atoms with Crippen LogP contribution < -0.4 is 5.56 Å². The average Bonchev–Trinajstić information content (AvgIpc) is 3.32. The lowest BCUT2D eigenvalue weighted by Crippen LogP contribution is -2.48. The molecule has 0 saturated carbocycles. The van der Waals surface area contributed by atoms with Gasteiger partial charge in [0.05, 0.1) is 25.1 Å². The van der Waals surface area contributed by atoms with Crippen molar-refractivity contribution in [2.45, 2.75) is 32.4 Å². The summed E-state index contributed by atoms with van der Waals surface area (Å²) in [5.74, 6) is 2.23. The maximum Gasteiger partial charge on any atom is 0.348 e. The highest BCUT2D eigenvalue weighted by Gasteiger charge is 2.34. The van der Waals surface area contributed by atoms with E-state index in [-0.39, 0.29) is 17.5 Å². The van der Waals surface area contributed by atoms with E-state index in [1.807, 2.05) is 16.7 Å². The third kappa shape index (κ3) is 3.93. The topological polar surface area (TPSA) is 95.6 Å². The number of methoxy groups -OCH3 is 1. The second-order valence-electron chi connectivity index (χ2n) is 7.31. The number of ether oxygens (including phenoxy) is 1. The van der Waals surface area contributed by atoms with Gasteiger partial charge in [-0.2, -0.15) is 11.8 Å². The van der Waals surface area contributed by atoms with Crippen LogP contribution in [0.3, 0.4) is 0 Å². The molecule has 1 amide bonds. The number of carbonyl (C=O) groups excluding carboxylic acids is 2. The van der Waals surface area contributed by atoms with E-state index in [1.165, 1.54) is 18.4 Å². The van der Waals surface area contributed by atoms with Crippen LogP contribution in [0.2, 0.25) is 0 Å². The van der Waals surface area contributed by atoms with E-state index in [1.54, 1.807) is 6.92 Å². The number of fused-ring (bicyclic) bond motifs is 1. The first kappa shape index (κ1) is 20.4. The Labute approximate surface area is 176 Å². The second-order valence-corrected chi connectivity index (χ2v) is 9.53. The van der Waals surface area contributed by atoms with E-state index < -0.39 is 5.97 Å². The number of aryl methyl sites for hydroxylation is 1. The van der Waals surface area contributed by atoms with Crippen molar-refractivity contribution in [1.29, 1.82) is 0 Å². The number of aromatic amines is 1. The van der Waals surface area contributed by atoms with Gasteiger partial charge in [-0.3, -0.25) is 14.5 Å². The number of nitrogens with zero attached hydrogens (tertiary/aromatic N) is 3. The minimum atomic E-state index is -0.462. The first-order valence-electron chi connectivity index (χ1n) is 9.70. The first-order chi connectivity index (χ1) is 14.0. The number of thioether (sulfide) groups is 1. The predicted octanol–water partition coefficient (Wildman–Crippen LogP) is 1.62. The summed E-state index contributed by atoms with van der Waals surface area (Å²) in [6.45, 7) is 4.55. The number of amides is 1. The summed E-state index contributed by atoms with van der Waals surface area (Å²) in [7, 11) is 1.32. The van der Waals surface area contributed by atoms with Crippen molar-refractivity contribution in [3.05, 3.63) is 26.6 Å². The maximum atomic E-state index is 13.0. The van der Waals surface area contributed by atoms with Crippen LogP contribution in [0.4, 0.5) is 0 Å². The van der Waals surface area contributed by atoms with Crippen molar-refractivity contribution in [3.63, 3.8) is 0 Å². The zero-order chi connectivity index (χ0) is 20.5. The summed E-state index contributed by atoms with van der Waals surface area (Å²) < 4.78 is 4.80. The minimum absolute atomic E-state index is 0.158. The molecule has 0 aliphatic carbocycles. The molecule has 2 aromatic rings. The molecule has 0 radical (unpaired) electrons. The fourth-order valence-corrected chi connectivity index (χ4v) is 6.05. The standard InChI is InChI=1S/C19H24N4O4S2/c1-11-14-16(24)20-13(21-17(14)29-15(11)19(26)27-2)10-23-5-3-4-12(23)18(25)22-6-8-28-9-7-22/h12H,3-10H2,1-2H3,(H,20,21,24). The molecule has 0 bridgehead atoms. The van der Waals surface area contributed by atoms with Crippen LogP contribution in [0, 0.1) is 6.92 Å². The van der Waals surface area contributed by atoms with Crippen molar-refractivity contribution in [2.75, 3.05) is 38.2 Å². The molecule has 2 aliphatic rings. The molecule has 2 fully saturated rings. The van der Waals surface area contributed by atoms with E-state index in [9.17, 15) is 14.4 Å². The summed E-state index contributed by atoms with van der Waals surface area (Å²) in [6, 6.07) is -0.158. The second kappa shape index (κ2) is 8.45. The maximum absolute atomic E-state index is 13.0. The zero-order valence-electron chi connectivity index (χ0n) is 16.5. The third-order valence-corrected chi connectivity index (χ3v) is 7.65. The molecule has 4 rings (SSSR count). The van der Waals surface area contributed by atoms with Crippen molar-refractivity contribution in [1.82, 2.24) is 19.8 Å². The van der Waals surface area contributed by atoms with Gasteiger partial charge in [0.2, 0.25) is 5.91 Å². The van der Waals surface area contributed by atoms with Gasteiger partial charge in [0.1, 0.15) is 15.5 Å². The lowest BCUT2D eigenvalue weighted by molar-refractivity contribution is -0.135. The molecule has 8 nitrogen and oxygen atoms in total. The molecule has 1 N–H and O–H groups in total. The number of thiophene rings is 1. The van der Waals surface area contributed by atoms with Crippen LogP contribution >= 0.6 is 23.1 Å². The number of aromatic nitrogens is 2. The Kier molecular flexibility index (Phi) is 5.93. The van der Waals surface area contributed by atoms with Crippen LogP contribution in [0.15, 0.2) is 4.79 Å². The van der Waals surface area contributed by atoms with Crippen LogP contribution in [0.1, 0.15) is 33.9 Å². The van der Waals surface area contributed by atoms with Crippen LogP contribution in [-0.2, 0) is 16.1 Å². The van der Waals surface area contributed by atoms with E-state index in [0.29, 0.717) is 33.0 Å². The molecule has 0 aromatic carbocycles. The van der Waals surface area contributed by atoms with Gasteiger partial charge < -0.3 is 14.6 Å². The number of nitrogens with one attached hydrogen (secondary N) is 1. The summed E-state index contributed by atoms with van der Waals surface area (Å²) in [5.41, 5.74) is 0.332. The molecule has 2 aliphatic heterocycles. The molecule has 29 heavy (non-hydrogen) atoms. The number of hydrogen-bond acceptors (Lipinski definition) is 8. The number of H-pyrrole nitrogens is 1. The molecular weight excluding hydrogens is 412 g/mol. The fourth-order valence-electron chi connectivity index (χ4n) is 4.03. The SMILES string of the molecule is COC(=O)c1sc2nc(CN3CCCC3C(=O)N3CCSCC3)[nH]c(=O)c2c1C. The molecule has 0 spiro atoms. The monoisotopic (exact) mass is 436 g/mol. The molecule has 2 aromatic heterocycles. The number of hydrogen-bond donors (Lipinski definition) is 1. The molecule has 4 heterocycles. The van der Waals surface area contributed by atoms with E-state index in [0.717, 1.165) is 44.0 Å². The Morgan fingerprint density at radius 3 is 2.76 bits per heavy atom. The van der Waals surface area contributed by atoms with Crippen molar-refractivity contribution >= 4 is 45.2 Å². The molecule has 156 valence electrons. The van der Waals surface area contributed by atoms with Gasteiger partial charge in [-0.05, 0) is 31.9 Å². The Balaban J connectivity index is 1.57. The van der Waals surface area contributed by atoms with E-state index >= 15 is 0 Å². The van der Waals surface area contributed by atoms with Crippen LogP contribution in [0.5, 0.6) is 0 Å². The molecular formula is C19H24N4O4S2. The quantitative estimate of drug-likeness (QED) is 0.728. The predicted molar refractivity (Wildman–Crippen MR) is 114 cm³/mol. The number of likely N-dealkylation sites (tertiary alicyclic amines) is 1. The lowest BCUT2D eigenvalue weighted by atomic mass is 10.2. The zero-order valence-corrected chi connectivity index (χ0v) is 18.2. The van der Waals surface area contributed by atoms with Crippen molar-refractivity contribution in [3.8, 4) is 0 Å². The van der Waals surface area contributed by atoms with Gasteiger partial charge in [0, 0.05) is 24.6 Å². The first-order valence-corrected chi connectivity index (χ1v) is 11.7. The third-order valence-electron chi connectivity index (χ3n) is 5.54. The Hall–Kier alpha value is -1.91. The summed E-state index contributed by atoms with van der Waals surface area (Å²) in [6.07, 6.45) is 1.79. The summed E-state index contributed by atoms with van der Waals surface area (Å²) in [4.78, 5) is 50.0. The van der Waals surface area contributed by atoms with Crippen LogP contribution in [0.25, 0.3) is 10.2 Å². The summed E-state index contributed by atoms with van der Waals surface area (Å²) in [5, 5.41) is 0.430. The Morgan fingerprint density at radius 1 is 1.28 bits per heavy atom. The molecule has 1 unspecified atom stereocenters. The van der Waals surface area contributed by atoms with Gasteiger partial charge in [-0.1, -0.05) is 0 Å². The van der Waals surface area contributed by atoms with Gasteiger partial charge in [-0.25, -0.2) is 9.78 Å². The average molecular weight is 437 g/mol. The number of carbonyl (C=O) groups is 2. The molecule has 1 atom stereocenters. The van der Waals surface area contributed by atoms with Crippen molar-refractivity contribution in [2.24, 2.45) is 0 Å². The lowest BCUT2D eigenvalue weighted by Gasteiger charge is -2.32.